The lowest BCUT2D eigenvalue weighted by Crippen LogP contribution is -2.43. The molecule has 1 fully saturated rings. The second-order valence-corrected chi connectivity index (χ2v) is 7.96. The van der Waals surface area contributed by atoms with Crippen molar-refractivity contribution in [1.82, 2.24) is 19.7 Å². The molecule has 0 unspecified atom stereocenters. The van der Waals surface area contributed by atoms with Crippen LogP contribution in [0, 0.1) is 5.41 Å². The molecule has 1 aliphatic heterocycles. The van der Waals surface area contributed by atoms with Crippen molar-refractivity contribution in [3.63, 3.8) is 0 Å². The highest BCUT2D eigenvalue weighted by atomic mass is 35.5. The number of aromatic nitrogens is 3. The van der Waals surface area contributed by atoms with E-state index >= 15 is 0 Å². The van der Waals surface area contributed by atoms with Crippen molar-refractivity contribution in [2.24, 2.45) is 5.41 Å². The Hall–Kier alpha value is -2.08. The lowest BCUT2D eigenvalue weighted by molar-refractivity contribution is -0.140. The number of H-pyrrole nitrogens is 1. The van der Waals surface area contributed by atoms with Crippen molar-refractivity contribution < 1.29 is 4.79 Å². The van der Waals surface area contributed by atoms with Crippen LogP contribution in [0.4, 0.5) is 0 Å². The van der Waals surface area contributed by atoms with Gasteiger partial charge in [-0.1, -0.05) is 32.4 Å². The second-order valence-electron chi connectivity index (χ2n) is 7.52. The summed E-state index contributed by atoms with van der Waals surface area (Å²) in [7, 11) is 0. The summed E-state index contributed by atoms with van der Waals surface area (Å²) in [5, 5.41) is 5.07. The second kappa shape index (κ2) is 6.67. The molecule has 7 heteroatoms. The molecule has 1 saturated heterocycles. The van der Waals surface area contributed by atoms with Crippen LogP contribution < -0.4 is 5.69 Å². The van der Waals surface area contributed by atoms with Crippen LogP contribution in [0.3, 0.4) is 0 Å². The Balaban J connectivity index is 1.73. The number of benzene rings is 1. The van der Waals surface area contributed by atoms with Crippen molar-refractivity contribution >= 4 is 17.5 Å². The van der Waals surface area contributed by atoms with E-state index in [1.54, 1.807) is 24.3 Å². The van der Waals surface area contributed by atoms with Crippen LogP contribution in [0.5, 0.6) is 0 Å². The van der Waals surface area contributed by atoms with Gasteiger partial charge >= 0.3 is 5.69 Å². The summed E-state index contributed by atoms with van der Waals surface area (Å²) in [6, 6.07) is 6.99. The molecule has 2 heterocycles. The predicted octanol–water partition coefficient (Wildman–Crippen LogP) is 2.97. The molecule has 6 nitrogen and oxygen atoms in total. The molecule has 134 valence electrons. The van der Waals surface area contributed by atoms with E-state index in [1.165, 1.54) is 4.68 Å². The number of carbonyl (C=O) groups excluding carboxylic acids is 1. The highest BCUT2D eigenvalue weighted by molar-refractivity contribution is 6.30. The minimum absolute atomic E-state index is 0.158. The van der Waals surface area contributed by atoms with E-state index in [4.69, 9.17) is 11.6 Å². The fourth-order valence-electron chi connectivity index (χ4n) is 3.11. The number of nitrogens with one attached hydrogen (secondary N) is 1. The Kier molecular flexibility index (Phi) is 4.73. The van der Waals surface area contributed by atoms with Crippen LogP contribution in [-0.4, -0.2) is 38.7 Å². The number of halogens is 1. The Labute approximate surface area is 151 Å². The van der Waals surface area contributed by atoms with Gasteiger partial charge in [-0.3, -0.25) is 9.78 Å². The SMILES string of the molecule is CC(C)(C)C(=O)N1CCC(c2nn(-c3ccc(Cl)cc3)c(=O)[nH]2)CC1. The number of likely N-dealkylation sites (tertiary alicyclic amines) is 1. The lowest BCUT2D eigenvalue weighted by Gasteiger charge is -2.35. The first-order chi connectivity index (χ1) is 11.8. The van der Waals surface area contributed by atoms with Crippen LogP contribution in [-0.2, 0) is 4.79 Å². The summed E-state index contributed by atoms with van der Waals surface area (Å²) in [6.45, 7) is 7.19. The van der Waals surface area contributed by atoms with Crippen LogP contribution in [0.25, 0.3) is 5.69 Å². The number of amides is 1. The van der Waals surface area contributed by atoms with Crippen molar-refractivity contribution in [1.29, 1.82) is 0 Å². The highest BCUT2D eigenvalue weighted by Crippen LogP contribution is 2.28. The zero-order valence-corrected chi connectivity index (χ0v) is 15.5. The van der Waals surface area contributed by atoms with Gasteiger partial charge in [0.2, 0.25) is 5.91 Å². The summed E-state index contributed by atoms with van der Waals surface area (Å²) in [6.07, 6.45) is 1.60. The van der Waals surface area contributed by atoms with Gasteiger partial charge in [0, 0.05) is 29.4 Å². The van der Waals surface area contributed by atoms with E-state index in [9.17, 15) is 9.59 Å². The maximum atomic E-state index is 12.4. The summed E-state index contributed by atoms with van der Waals surface area (Å²) in [4.78, 5) is 29.4. The van der Waals surface area contributed by atoms with Crippen molar-refractivity contribution in [2.45, 2.75) is 39.5 Å². The number of aromatic amines is 1. The smallest absolute Gasteiger partial charge is 0.342 e. The number of piperidine rings is 1. The Morgan fingerprint density at radius 2 is 1.80 bits per heavy atom. The molecule has 1 N–H and O–H groups in total. The molecule has 1 amide bonds. The topological polar surface area (TPSA) is 71.0 Å². The third-order valence-electron chi connectivity index (χ3n) is 4.52. The molecule has 0 bridgehead atoms. The summed E-state index contributed by atoms with van der Waals surface area (Å²) in [5.41, 5.74) is 0.0554. The van der Waals surface area contributed by atoms with Gasteiger partial charge in [-0.15, -0.1) is 5.10 Å². The summed E-state index contributed by atoms with van der Waals surface area (Å²) in [5.74, 6) is 1.01. The van der Waals surface area contributed by atoms with Gasteiger partial charge in [0.1, 0.15) is 5.82 Å². The molecule has 25 heavy (non-hydrogen) atoms. The monoisotopic (exact) mass is 362 g/mol. The average molecular weight is 363 g/mol. The molecular weight excluding hydrogens is 340 g/mol. The predicted molar refractivity (Wildman–Crippen MR) is 97.2 cm³/mol. The average Bonchev–Trinajstić information content (AvgIpc) is 2.96. The highest BCUT2D eigenvalue weighted by Gasteiger charge is 2.31. The molecule has 0 spiro atoms. The van der Waals surface area contributed by atoms with E-state index in [-0.39, 0.29) is 22.9 Å². The zero-order valence-electron chi connectivity index (χ0n) is 14.8. The number of nitrogens with zero attached hydrogens (tertiary/aromatic N) is 3. The van der Waals surface area contributed by atoms with Crippen LogP contribution in [0.15, 0.2) is 29.1 Å². The first-order valence-electron chi connectivity index (χ1n) is 8.50. The lowest BCUT2D eigenvalue weighted by atomic mass is 9.91. The van der Waals surface area contributed by atoms with Gasteiger partial charge in [-0.2, -0.15) is 4.68 Å². The maximum Gasteiger partial charge on any atom is 0.348 e. The van der Waals surface area contributed by atoms with E-state index < -0.39 is 0 Å². The molecule has 0 atom stereocenters. The fraction of sp³-hybridized carbons (Fsp3) is 0.500. The Morgan fingerprint density at radius 1 is 1.20 bits per heavy atom. The van der Waals surface area contributed by atoms with Crippen molar-refractivity contribution in [2.75, 3.05) is 13.1 Å². The number of hydrogen-bond acceptors (Lipinski definition) is 3. The first kappa shape index (κ1) is 17.7. The van der Waals surface area contributed by atoms with Gasteiger partial charge in [0.05, 0.1) is 5.69 Å². The summed E-state index contributed by atoms with van der Waals surface area (Å²) >= 11 is 5.89. The third-order valence-corrected chi connectivity index (χ3v) is 4.77. The minimum atomic E-state index is -0.364. The maximum absolute atomic E-state index is 12.4. The van der Waals surface area contributed by atoms with Gasteiger partial charge in [-0.25, -0.2) is 4.79 Å². The van der Waals surface area contributed by atoms with Gasteiger partial charge < -0.3 is 4.90 Å². The van der Waals surface area contributed by atoms with Gasteiger partial charge in [0.25, 0.3) is 0 Å². The van der Waals surface area contributed by atoms with E-state index in [0.29, 0.717) is 29.6 Å². The van der Waals surface area contributed by atoms with Gasteiger partial charge in [-0.05, 0) is 37.1 Å². The minimum Gasteiger partial charge on any atom is -0.342 e. The number of carbonyl (C=O) groups is 1. The molecule has 1 aromatic heterocycles. The molecule has 2 aromatic rings. The standard InChI is InChI=1S/C18H23ClN4O2/c1-18(2,3)16(24)22-10-8-12(9-11-22)15-20-17(25)23(21-15)14-6-4-13(19)5-7-14/h4-7,12H,8-11H2,1-3H3,(H,20,21,25). The van der Waals surface area contributed by atoms with Crippen LogP contribution in [0.1, 0.15) is 45.4 Å². The number of rotatable bonds is 2. The Morgan fingerprint density at radius 3 is 2.36 bits per heavy atom. The first-order valence-corrected chi connectivity index (χ1v) is 8.88. The molecular formula is C18H23ClN4O2. The van der Waals surface area contributed by atoms with Crippen molar-refractivity contribution in [3.8, 4) is 5.69 Å². The molecule has 3 rings (SSSR count). The van der Waals surface area contributed by atoms with Crippen LogP contribution in [0.2, 0.25) is 5.02 Å². The molecule has 0 aliphatic carbocycles. The normalized spacial score (nSPS) is 16.2. The van der Waals surface area contributed by atoms with E-state index in [1.807, 2.05) is 25.7 Å². The van der Waals surface area contributed by atoms with E-state index in [2.05, 4.69) is 10.1 Å². The van der Waals surface area contributed by atoms with E-state index in [0.717, 1.165) is 12.8 Å². The summed E-state index contributed by atoms with van der Waals surface area (Å²) < 4.78 is 1.36. The largest absolute Gasteiger partial charge is 0.348 e. The van der Waals surface area contributed by atoms with Gasteiger partial charge in [0.15, 0.2) is 0 Å². The molecule has 1 aliphatic rings. The third kappa shape index (κ3) is 3.79. The molecule has 0 radical (unpaired) electrons. The Bertz CT molecular complexity index is 809. The molecule has 1 aromatic carbocycles. The van der Waals surface area contributed by atoms with Crippen molar-refractivity contribution in [3.05, 3.63) is 45.6 Å². The quantitative estimate of drug-likeness (QED) is 0.892. The molecule has 0 saturated carbocycles. The fourth-order valence-corrected chi connectivity index (χ4v) is 3.24. The number of hydrogen-bond donors (Lipinski definition) is 1. The van der Waals surface area contributed by atoms with Crippen LogP contribution >= 0.6 is 11.6 Å². The zero-order chi connectivity index (χ0) is 18.2.